The summed E-state index contributed by atoms with van der Waals surface area (Å²) in [4.78, 5) is 27.3. The molecule has 1 aliphatic heterocycles. The van der Waals surface area contributed by atoms with Crippen molar-refractivity contribution < 1.29 is 9.59 Å². The van der Waals surface area contributed by atoms with E-state index in [4.69, 9.17) is 5.73 Å². The van der Waals surface area contributed by atoms with Gasteiger partial charge in [-0.25, -0.2) is 0 Å². The number of nitrogens with one attached hydrogen (secondary N) is 3. The van der Waals surface area contributed by atoms with Crippen LogP contribution in [0.4, 0.5) is 5.69 Å². The summed E-state index contributed by atoms with van der Waals surface area (Å²) in [5.41, 5.74) is 8.74. The van der Waals surface area contributed by atoms with Gasteiger partial charge in [0.1, 0.15) is 0 Å². The molecule has 7 nitrogen and oxygen atoms in total. The van der Waals surface area contributed by atoms with Crippen molar-refractivity contribution >= 4 is 47.4 Å². The molecule has 1 aliphatic rings. The summed E-state index contributed by atoms with van der Waals surface area (Å²) in [6.07, 6.45) is 0.440. The zero-order valence-electron chi connectivity index (χ0n) is 15.6. The van der Waals surface area contributed by atoms with Crippen molar-refractivity contribution in [2.24, 2.45) is 10.7 Å². The Morgan fingerprint density at radius 1 is 1.18 bits per heavy atom. The van der Waals surface area contributed by atoms with Crippen molar-refractivity contribution in [3.8, 4) is 0 Å². The third-order valence-electron chi connectivity index (χ3n) is 4.54. The monoisotopic (exact) mass is 493 g/mol. The number of halogens is 1. The minimum absolute atomic E-state index is 0. The van der Waals surface area contributed by atoms with Gasteiger partial charge in [-0.3, -0.25) is 14.6 Å². The summed E-state index contributed by atoms with van der Waals surface area (Å²) in [6.45, 7) is 1.16. The van der Waals surface area contributed by atoms with Crippen LogP contribution in [0.5, 0.6) is 0 Å². The molecular weight excluding hydrogens is 469 g/mol. The number of para-hydroxylation sites is 1. The molecule has 8 heteroatoms. The highest BCUT2D eigenvalue weighted by Crippen LogP contribution is 2.31. The molecule has 148 valence electrons. The minimum Gasteiger partial charge on any atom is -0.366 e. The van der Waals surface area contributed by atoms with Gasteiger partial charge in [0.2, 0.25) is 11.8 Å². The molecule has 0 saturated heterocycles. The van der Waals surface area contributed by atoms with Gasteiger partial charge in [0, 0.05) is 43.7 Å². The number of carbonyl (C=O) groups is 2. The lowest BCUT2D eigenvalue weighted by atomic mass is 9.90. The summed E-state index contributed by atoms with van der Waals surface area (Å²) >= 11 is 0. The molecule has 0 spiro atoms. The number of amides is 2. The fourth-order valence-corrected chi connectivity index (χ4v) is 3.10. The second kappa shape index (κ2) is 10.1. The maximum Gasteiger partial charge on any atom is 0.248 e. The maximum atomic E-state index is 11.9. The largest absolute Gasteiger partial charge is 0.366 e. The molecule has 0 radical (unpaired) electrons. The summed E-state index contributed by atoms with van der Waals surface area (Å²) in [6, 6.07) is 15.0. The highest BCUT2D eigenvalue weighted by atomic mass is 127. The number of hydrogen-bond donors (Lipinski definition) is 4. The number of rotatable bonds is 5. The molecule has 2 amide bonds. The van der Waals surface area contributed by atoms with Gasteiger partial charge in [-0.2, -0.15) is 0 Å². The van der Waals surface area contributed by atoms with Crippen LogP contribution in [0.2, 0.25) is 0 Å². The van der Waals surface area contributed by atoms with E-state index in [0.717, 1.165) is 16.8 Å². The second-order valence-electron chi connectivity index (χ2n) is 6.40. The number of benzene rings is 2. The minimum atomic E-state index is -0.441. The van der Waals surface area contributed by atoms with Gasteiger partial charge in [0.05, 0.1) is 0 Å². The fourth-order valence-electron chi connectivity index (χ4n) is 3.10. The van der Waals surface area contributed by atoms with Crippen molar-refractivity contribution in [1.29, 1.82) is 0 Å². The number of carbonyl (C=O) groups excluding carboxylic acids is 2. The fraction of sp³-hybridized carbons (Fsp3) is 0.250. The van der Waals surface area contributed by atoms with Crippen LogP contribution in [0.25, 0.3) is 0 Å². The van der Waals surface area contributed by atoms with Crippen molar-refractivity contribution in [3.05, 3.63) is 65.2 Å². The lowest BCUT2D eigenvalue weighted by Gasteiger charge is -2.26. The summed E-state index contributed by atoms with van der Waals surface area (Å²) in [5, 5.41) is 9.42. The normalized spacial score (nSPS) is 15.7. The van der Waals surface area contributed by atoms with Crippen LogP contribution in [0.15, 0.2) is 53.5 Å². The first kappa shape index (κ1) is 21.7. The smallest absolute Gasteiger partial charge is 0.248 e. The van der Waals surface area contributed by atoms with Crippen LogP contribution in [0.3, 0.4) is 0 Å². The first-order chi connectivity index (χ1) is 13.1. The van der Waals surface area contributed by atoms with Crippen molar-refractivity contribution in [2.75, 3.05) is 18.9 Å². The van der Waals surface area contributed by atoms with Crippen LogP contribution < -0.4 is 21.7 Å². The van der Waals surface area contributed by atoms with E-state index in [9.17, 15) is 9.59 Å². The average Bonchev–Trinajstić information content (AvgIpc) is 2.68. The van der Waals surface area contributed by atoms with Crippen molar-refractivity contribution in [2.45, 2.75) is 18.9 Å². The molecule has 1 unspecified atom stereocenters. The third kappa shape index (κ3) is 5.44. The molecule has 0 aliphatic carbocycles. The number of hydrogen-bond acceptors (Lipinski definition) is 3. The number of fused-ring (bicyclic) bond motifs is 1. The van der Waals surface area contributed by atoms with Gasteiger partial charge in [0.15, 0.2) is 5.96 Å². The molecular formula is C20H24IN5O2. The van der Waals surface area contributed by atoms with Crippen LogP contribution in [0.1, 0.15) is 33.8 Å². The Labute approximate surface area is 181 Å². The zero-order chi connectivity index (χ0) is 19.2. The van der Waals surface area contributed by atoms with Crippen LogP contribution in [-0.2, 0) is 11.3 Å². The van der Waals surface area contributed by atoms with E-state index < -0.39 is 5.91 Å². The number of nitrogens with two attached hydrogens (primary N) is 1. The zero-order valence-corrected chi connectivity index (χ0v) is 17.9. The van der Waals surface area contributed by atoms with E-state index in [1.807, 2.05) is 36.4 Å². The van der Waals surface area contributed by atoms with Gasteiger partial charge in [0.25, 0.3) is 0 Å². The van der Waals surface area contributed by atoms with Gasteiger partial charge in [-0.1, -0.05) is 30.3 Å². The van der Waals surface area contributed by atoms with Crippen LogP contribution in [-0.4, -0.2) is 31.4 Å². The molecule has 5 N–H and O–H groups in total. The Morgan fingerprint density at radius 2 is 1.89 bits per heavy atom. The quantitative estimate of drug-likeness (QED) is 0.291. The predicted octanol–water partition coefficient (Wildman–Crippen LogP) is 2.19. The van der Waals surface area contributed by atoms with Gasteiger partial charge in [-0.15, -0.1) is 24.0 Å². The molecule has 2 aromatic carbocycles. The highest BCUT2D eigenvalue weighted by molar-refractivity contribution is 14.0. The molecule has 0 fully saturated rings. The Hall–Kier alpha value is -2.62. The molecule has 1 atom stereocenters. The number of nitrogens with zero attached hydrogens (tertiary/aromatic N) is 1. The van der Waals surface area contributed by atoms with Crippen LogP contribution >= 0.6 is 24.0 Å². The van der Waals surface area contributed by atoms with E-state index in [1.54, 1.807) is 19.2 Å². The Morgan fingerprint density at radius 3 is 2.57 bits per heavy atom. The number of guanidine groups is 1. The molecule has 28 heavy (non-hydrogen) atoms. The average molecular weight is 493 g/mol. The van der Waals surface area contributed by atoms with E-state index in [2.05, 4.69) is 20.9 Å². The molecule has 1 heterocycles. The molecule has 0 bridgehead atoms. The molecule has 0 saturated carbocycles. The Balaban J connectivity index is 0.00000280. The molecule has 3 rings (SSSR count). The first-order valence-corrected chi connectivity index (χ1v) is 8.79. The predicted molar refractivity (Wildman–Crippen MR) is 121 cm³/mol. The Bertz CT molecular complexity index is 867. The van der Waals surface area contributed by atoms with Crippen molar-refractivity contribution in [3.63, 3.8) is 0 Å². The van der Waals surface area contributed by atoms with Gasteiger partial charge >= 0.3 is 0 Å². The standard InChI is InChI=1S/C20H23N5O2.HI/c1-22-20(23-11-13-6-8-14(9-7-13)19(21)27)24-12-15-10-18(26)25-17-5-3-2-4-16(15)17;/h2-9,15H,10-12H2,1H3,(H2,21,27)(H,25,26)(H2,22,23,24);1H. The molecule has 2 aromatic rings. The van der Waals surface area contributed by atoms with E-state index in [0.29, 0.717) is 31.0 Å². The SMILES string of the molecule is CN=C(NCc1ccc(C(N)=O)cc1)NCC1CC(=O)Nc2ccccc21.I. The second-order valence-corrected chi connectivity index (χ2v) is 6.40. The maximum absolute atomic E-state index is 11.9. The summed E-state index contributed by atoms with van der Waals surface area (Å²) < 4.78 is 0. The lowest BCUT2D eigenvalue weighted by Crippen LogP contribution is -2.40. The molecule has 0 aromatic heterocycles. The van der Waals surface area contributed by atoms with Crippen LogP contribution in [0, 0.1) is 0 Å². The van der Waals surface area contributed by atoms with Gasteiger partial charge < -0.3 is 21.7 Å². The number of aliphatic imine (C=N–C) groups is 1. The Kier molecular flexibility index (Phi) is 7.80. The van der Waals surface area contributed by atoms with E-state index in [-0.39, 0.29) is 35.8 Å². The first-order valence-electron chi connectivity index (χ1n) is 8.79. The topological polar surface area (TPSA) is 109 Å². The third-order valence-corrected chi connectivity index (χ3v) is 4.54. The number of anilines is 1. The van der Waals surface area contributed by atoms with Crippen molar-refractivity contribution in [1.82, 2.24) is 10.6 Å². The van der Waals surface area contributed by atoms with E-state index >= 15 is 0 Å². The summed E-state index contributed by atoms with van der Waals surface area (Å²) in [7, 11) is 1.70. The lowest BCUT2D eigenvalue weighted by molar-refractivity contribution is -0.116. The van der Waals surface area contributed by atoms with Gasteiger partial charge in [-0.05, 0) is 29.3 Å². The number of primary amides is 1. The van der Waals surface area contributed by atoms with E-state index in [1.165, 1.54) is 0 Å². The summed E-state index contributed by atoms with van der Waals surface area (Å²) in [5.74, 6) is 0.322. The highest BCUT2D eigenvalue weighted by Gasteiger charge is 2.24.